The lowest BCUT2D eigenvalue weighted by Crippen LogP contribution is -2.44. The molecule has 0 heterocycles. The highest BCUT2D eigenvalue weighted by Gasteiger charge is 2.23. The van der Waals surface area contributed by atoms with Crippen LogP contribution in [0.2, 0.25) is 0 Å². The van der Waals surface area contributed by atoms with Crippen molar-refractivity contribution in [1.82, 2.24) is 5.32 Å². The molecule has 0 radical (unpaired) electrons. The normalized spacial score (nSPS) is 12.5. The molecule has 0 aliphatic heterocycles. The van der Waals surface area contributed by atoms with E-state index in [9.17, 15) is 23.3 Å². The van der Waals surface area contributed by atoms with E-state index in [1.54, 1.807) is 6.92 Å². The number of nitrogens with one attached hydrogen (secondary N) is 1. The van der Waals surface area contributed by atoms with Crippen LogP contribution >= 0.6 is 0 Å². The molecule has 9 nitrogen and oxygen atoms in total. The Labute approximate surface area is 134 Å². The summed E-state index contributed by atoms with van der Waals surface area (Å²) < 4.78 is 29.5. The third-order valence-corrected chi connectivity index (χ3v) is 3.98. The van der Waals surface area contributed by atoms with Crippen molar-refractivity contribution < 1.29 is 22.9 Å². The van der Waals surface area contributed by atoms with E-state index >= 15 is 0 Å². The quantitative estimate of drug-likeness (QED) is 0.542. The molecule has 0 aliphatic rings. The van der Waals surface area contributed by atoms with Gasteiger partial charge in [0.15, 0.2) is 0 Å². The first-order valence-corrected chi connectivity index (χ1v) is 8.50. The molecule has 0 saturated carbocycles. The molecule has 0 aromatic heterocycles. The molecule has 1 aromatic rings. The zero-order chi connectivity index (χ0) is 17.6. The number of hydrogen-bond donors (Lipinski definition) is 1. The van der Waals surface area contributed by atoms with Gasteiger partial charge in [0.05, 0.1) is 23.5 Å². The van der Waals surface area contributed by atoms with Crippen LogP contribution in [0.25, 0.3) is 0 Å². The molecule has 0 saturated heterocycles. The Morgan fingerprint density at radius 1 is 1.48 bits per heavy atom. The van der Waals surface area contributed by atoms with Gasteiger partial charge in [0, 0.05) is 25.3 Å². The molecule has 0 bridgehead atoms. The number of nitrogens with zero attached hydrogens (tertiary/aromatic N) is 2. The summed E-state index contributed by atoms with van der Waals surface area (Å²) in [5.41, 5.74) is -0.208. The lowest BCUT2D eigenvalue weighted by Gasteiger charge is -2.22. The third-order valence-electron chi connectivity index (χ3n) is 2.84. The number of carbonyl (C=O) groups is 1. The van der Waals surface area contributed by atoms with E-state index in [4.69, 9.17) is 4.74 Å². The van der Waals surface area contributed by atoms with E-state index in [-0.39, 0.29) is 24.0 Å². The topological polar surface area (TPSA) is 119 Å². The van der Waals surface area contributed by atoms with Crippen LogP contribution in [0.3, 0.4) is 0 Å². The molecule has 0 unspecified atom stereocenters. The van der Waals surface area contributed by atoms with Gasteiger partial charge in [0.25, 0.3) is 5.69 Å². The second-order valence-electron chi connectivity index (χ2n) is 4.97. The summed E-state index contributed by atoms with van der Waals surface area (Å²) >= 11 is 0. The van der Waals surface area contributed by atoms with Gasteiger partial charge in [-0.15, -0.1) is 0 Å². The third kappa shape index (κ3) is 5.83. The van der Waals surface area contributed by atoms with Crippen LogP contribution in [0, 0.1) is 10.1 Å². The van der Waals surface area contributed by atoms with E-state index in [1.165, 1.54) is 25.3 Å². The van der Waals surface area contributed by atoms with Gasteiger partial charge in [0.2, 0.25) is 15.9 Å². The predicted molar refractivity (Wildman–Crippen MR) is 84.8 cm³/mol. The molecule has 0 spiro atoms. The summed E-state index contributed by atoms with van der Waals surface area (Å²) in [5, 5.41) is 13.4. The largest absolute Gasteiger partial charge is 0.383 e. The fraction of sp³-hybridized carbons (Fsp3) is 0.462. The lowest BCUT2D eigenvalue weighted by atomic mass is 10.3. The van der Waals surface area contributed by atoms with E-state index in [0.29, 0.717) is 0 Å². The zero-order valence-electron chi connectivity index (χ0n) is 13.1. The molecule has 1 rings (SSSR count). The lowest BCUT2D eigenvalue weighted by molar-refractivity contribution is -0.384. The first kappa shape index (κ1) is 18.8. The number of anilines is 1. The summed E-state index contributed by atoms with van der Waals surface area (Å²) in [5.74, 6) is -0.536. The smallest absolute Gasteiger partial charge is 0.271 e. The Bertz CT molecular complexity index is 676. The minimum absolute atomic E-state index is 0.0521. The number of nitro benzene ring substituents is 1. The van der Waals surface area contributed by atoms with Crippen molar-refractivity contribution in [3.8, 4) is 0 Å². The molecule has 1 N–H and O–H groups in total. The number of hydrogen-bond acceptors (Lipinski definition) is 6. The van der Waals surface area contributed by atoms with Gasteiger partial charge >= 0.3 is 0 Å². The SMILES string of the molecule is COC[C@@H](C)NC(=O)CN(c1cccc([N+](=O)[O-])c1)S(C)(=O)=O. The van der Waals surface area contributed by atoms with Crippen LogP contribution in [0.1, 0.15) is 6.92 Å². The van der Waals surface area contributed by atoms with Gasteiger partial charge in [-0.2, -0.15) is 0 Å². The Hall–Kier alpha value is -2.20. The van der Waals surface area contributed by atoms with Gasteiger partial charge < -0.3 is 10.1 Å². The summed E-state index contributed by atoms with van der Waals surface area (Å²) in [6.07, 6.45) is 0.928. The van der Waals surface area contributed by atoms with Crippen molar-refractivity contribution in [3.05, 3.63) is 34.4 Å². The number of methoxy groups -OCH3 is 1. The summed E-state index contributed by atoms with van der Waals surface area (Å²) in [6.45, 7) is 1.51. The zero-order valence-corrected chi connectivity index (χ0v) is 13.9. The fourth-order valence-electron chi connectivity index (χ4n) is 1.90. The maximum atomic E-state index is 12.0. The van der Waals surface area contributed by atoms with Crippen LogP contribution in [-0.4, -0.2) is 51.8 Å². The monoisotopic (exact) mass is 345 g/mol. The Balaban J connectivity index is 3.01. The Morgan fingerprint density at radius 2 is 2.13 bits per heavy atom. The molecule has 1 atom stereocenters. The van der Waals surface area contributed by atoms with Crippen molar-refractivity contribution in [1.29, 1.82) is 0 Å². The van der Waals surface area contributed by atoms with E-state index in [1.807, 2.05) is 0 Å². The molecule has 1 amide bonds. The van der Waals surface area contributed by atoms with E-state index in [2.05, 4.69) is 5.32 Å². The predicted octanol–water partition coefficient (Wildman–Crippen LogP) is 0.512. The van der Waals surface area contributed by atoms with Crippen molar-refractivity contribution in [2.24, 2.45) is 0 Å². The Morgan fingerprint density at radius 3 is 2.65 bits per heavy atom. The minimum Gasteiger partial charge on any atom is -0.383 e. The number of non-ortho nitro benzene ring substituents is 1. The van der Waals surface area contributed by atoms with Crippen LogP contribution in [0.5, 0.6) is 0 Å². The highest BCUT2D eigenvalue weighted by Crippen LogP contribution is 2.22. The summed E-state index contributed by atoms with van der Waals surface area (Å²) in [4.78, 5) is 22.1. The Kier molecular flexibility index (Phi) is 6.46. The van der Waals surface area contributed by atoms with Gasteiger partial charge in [0.1, 0.15) is 6.54 Å². The molecule has 128 valence electrons. The van der Waals surface area contributed by atoms with Crippen molar-refractivity contribution >= 4 is 27.3 Å². The molecule has 10 heteroatoms. The van der Waals surface area contributed by atoms with Gasteiger partial charge in [-0.05, 0) is 13.0 Å². The van der Waals surface area contributed by atoms with Crippen molar-refractivity contribution in [3.63, 3.8) is 0 Å². The maximum Gasteiger partial charge on any atom is 0.271 e. The number of rotatable bonds is 8. The van der Waals surface area contributed by atoms with Gasteiger partial charge in [-0.1, -0.05) is 6.07 Å². The minimum atomic E-state index is -3.78. The highest BCUT2D eigenvalue weighted by molar-refractivity contribution is 7.92. The number of amides is 1. The molecule has 0 aliphatic carbocycles. The first-order chi connectivity index (χ1) is 10.6. The van der Waals surface area contributed by atoms with E-state index in [0.717, 1.165) is 16.6 Å². The van der Waals surface area contributed by atoms with Crippen LogP contribution in [-0.2, 0) is 19.6 Å². The van der Waals surface area contributed by atoms with Crippen molar-refractivity contribution in [2.45, 2.75) is 13.0 Å². The summed E-state index contributed by atoms with van der Waals surface area (Å²) in [7, 11) is -2.30. The van der Waals surface area contributed by atoms with Crippen LogP contribution in [0.15, 0.2) is 24.3 Å². The second-order valence-corrected chi connectivity index (χ2v) is 6.88. The highest BCUT2D eigenvalue weighted by atomic mass is 32.2. The fourth-order valence-corrected chi connectivity index (χ4v) is 2.75. The molecule has 1 aromatic carbocycles. The average Bonchev–Trinajstić information content (AvgIpc) is 2.43. The molecular weight excluding hydrogens is 326 g/mol. The van der Waals surface area contributed by atoms with Gasteiger partial charge in [-0.25, -0.2) is 8.42 Å². The van der Waals surface area contributed by atoms with Gasteiger partial charge in [-0.3, -0.25) is 19.2 Å². The maximum absolute atomic E-state index is 12.0. The molecular formula is C13H19N3O6S. The van der Waals surface area contributed by atoms with Crippen molar-refractivity contribution in [2.75, 3.05) is 30.8 Å². The standard InChI is InChI=1S/C13H19N3O6S/c1-10(9-22-2)14-13(17)8-15(23(3,20)21)11-5-4-6-12(7-11)16(18)19/h4-7,10H,8-9H2,1-3H3,(H,14,17)/t10-/m1/s1. The average molecular weight is 345 g/mol. The molecule has 23 heavy (non-hydrogen) atoms. The number of benzene rings is 1. The number of ether oxygens (including phenoxy) is 1. The van der Waals surface area contributed by atoms with E-state index < -0.39 is 27.4 Å². The summed E-state index contributed by atoms with van der Waals surface area (Å²) in [6, 6.07) is 4.80. The molecule has 0 fully saturated rings. The second kappa shape index (κ2) is 7.88. The van der Waals surface area contributed by atoms with Crippen LogP contribution in [0.4, 0.5) is 11.4 Å². The first-order valence-electron chi connectivity index (χ1n) is 6.65. The van der Waals surface area contributed by atoms with Crippen LogP contribution < -0.4 is 9.62 Å². The number of sulfonamides is 1. The number of nitro groups is 1. The number of carbonyl (C=O) groups excluding carboxylic acids is 1.